The predicted molar refractivity (Wildman–Crippen MR) is 114 cm³/mol. The van der Waals surface area contributed by atoms with E-state index < -0.39 is 11.2 Å². The van der Waals surface area contributed by atoms with Crippen LogP contribution < -0.4 is 16.6 Å². The molecule has 0 unspecified atom stereocenters. The third-order valence-electron chi connectivity index (χ3n) is 4.74. The van der Waals surface area contributed by atoms with Crippen LogP contribution in [0.1, 0.15) is 6.42 Å². The molecule has 3 aromatic carbocycles. The number of para-hydroxylation sites is 1. The van der Waals surface area contributed by atoms with Gasteiger partial charge in [0, 0.05) is 18.7 Å². The second kappa shape index (κ2) is 7.98. The van der Waals surface area contributed by atoms with Gasteiger partial charge in [0.25, 0.3) is 5.56 Å². The molecule has 0 atom stereocenters. The van der Waals surface area contributed by atoms with Crippen LogP contribution in [-0.2, 0) is 11.3 Å². The first-order valence-corrected chi connectivity index (χ1v) is 9.29. The molecule has 6 nitrogen and oxygen atoms in total. The smallest absolute Gasteiger partial charge is 0.326 e. The summed E-state index contributed by atoms with van der Waals surface area (Å²) in [7, 11) is 0. The first-order chi connectivity index (χ1) is 14.1. The number of carbonyl (C=O) groups excluding carboxylic acids is 1. The molecular formula is C23H19N3O3. The van der Waals surface area contributed by atoms with Gasteiger partial charge >= 0.3 is 5.69 Å². The highest BCUT2D eigenvalue weighted by molar-refractivity contribution is 5.91. The Morgan fingerprint density at radius 3 is 2.24 bits per heavy atom. The molecule has 6 heteroatoms. The Balaban J connectivity index is 1.45. The Hall–Kier alpha value is -3.93. The average Bonchev–Trinajstić information content (AvgIpc) is 2.75. The Kier molecular flexibility index (Phi) is 5.07. The van der Waals surface area contributed by atoms with Crippen LogP contribution in [-0.4, -0.2) is 15.5 Å². The molecular weight excluding hydrogens is 366 g/mol. The largest absolute Gasteiger partial charge is 0.328 e. The molecule has 0 radical (unpaired) electrons. The third-order valence-corrected chi connectivity index (χ3v) is 4.74. The minimum absolute atomic E-state index is 0.108. The fourth-order valence-electron chi connectivity index (χ4n) is 3.28. The molecule has 0 bridgehead atoms. The maximum Gasteiger partial charge on any atom is 0.328 e. The summed E-state index contributed by atoms with van der Waals surface area (Å²) in [5, 5.41) is 3.26. The maximum atomic E-state index is 12.4. The number of aromatic nitrogens is 2. The number of anilines is 1. The highest BCUT2D eigenvalue weighted by Gasteiger charge is 2.09. The van der Waals surface area contributed by atoms with Crippen molar-refractivity contribution >= 4 is 22.5 Å². The third kappa shape index (κ3) is 4.01. The molecule has 0 aliphatic rings. The lowest BCUT2D eigenvalue weighted by atomic mass is 10.1. The van der Waals surface area contributed by atoms with Crippen molar-refractivity contribution in [3.8, 4) is 11.1 Å². The van der Waals surface area contributed by atoms with E-state index in [4.69, 9.17) is 0 Å². The molecule has 29 heavy (non-hydrogen) atoms. The van der Waals surface area contributed by atoms with Crippen LogP contribution in [0.25, 0.3) is 22.0 Å². The zero-order valence-electron chi connectivity index (χ0n) is 15.6. The number of fused-ring (bicyclic) bond motifs is 1. The molecule has 4 rings (SSSR count). The summed E-state index contributed by atoms with van der Waals surface area (Å²) in [6.07, 6.45) is 0.108. The Morgan fingerprint density at radius 2 is 1.48 bits per heavy atom. The number of H-pyrrole nitrogens is 1. The number of aromatic amines is 1. The molecule has 4 aromatic rings. The van der Waals surface area contributed by atoms with Gasteiger partial charge in [0.15, 0.2) is 0 Å². The molecule has 2 N–H and O–H groups in total. The van der Waals surface area contributed by atoms with Crippen LogP contribution in [0.15, 0.2) is 88.5 Å². The van der Waals surface area contributed by atoms with Gasteiger partial charge in [0.05, 0.1) is 10.9 Å². The number of carbonyl (C=O) groups is 1. The van der Waals surface area contributed by atoms with E-state index in [2.05, 4.69) is 10.3 Å². The van der Waals surface area contributed by atoms with Gasteiger partial charge < -0.3 is 5.32 Å². The first-order valence-electron chi connectivity index (χ1n) is 9.29. The summed E-state index contributed by atoms with van der Waals surface area (Å²) in [6, 6.07) is 24.4. The molecule has 0 aliphatic carbocycles. The predicted octanol–water partition coefficient (Wildman–Crippen LogP) is 3.39. The minimum atomic E-state index is -0.520. The normalized spacial score (nSPS) is 10.8. The van der Waals surface area contributed by atoms with Gasteiger partial charge in [0.1, 0.15) is 0 Å². The number of nitrogens with zero attached hydrogens (tertiary/aromatic N) is 1. The van der Waals surface area contributed by atoms with Gasteiger partial charge in [0.2, 0.25) is 5.91 Å². The lowest BCUT2D eigenvalue weighted by molar-refractivity contribution is -0.116. The molecule has 0 spiro atoms. The molecule has 1 aromatic heterocycles. The maximum absolute atomic E-state index is 12.4. The van der Waals surface area contributed by atoms with E-state index in [1.807, 2.05) is 54.6 Å². The fraction of sp³-hybridized carbons (Fsp3) is 0.0870. The molecule has 0 aliphatic heterocycles. The van der Waals surface area contributed by atoms with Gasteiger partial charge in [-0.05, 0) is 35.4 Å². The Bertz CT molecular complexity index is 1270. The summed E-state index contributed by atoms with van der Waals surface area (Å²) >= 11 is 0. The minimum Gasteiger partial charge on any atom is -0.326 e. The first kappa shape index (κ1) is 18.4. The van der Waals surface area contributed by atoms with E-state index in [-0.39, 0.29) is 18.9 Å². The van der Waals surface area contributed by atoms with E-state index in [0.717, 1.165) is 11.1 Å². The number of amides is 1. The lowest BCUT2D eigenvalue weighted by Crippen LogP contribution is -2.31. The highest BCUT2D eigenvalue weighted by Crippen LogP contribution is 2.21. The van der Waals surface area contributed by atoms with Crippen molar-refractivity contribution in [3.63, 3.8) is 0 Å². The standard InChI is InChI=1S/C23H19N3O3/c27-21(24-18-12-10-17(11-13-18)16-6-2-1-3-7-16)14-15-26-20-9-5-4-8-19(20)22(28)25-23(26)29/h1-13H,14-15H2,(H,24,27)(H,25,28,29). The second-order valence-electron chi connectivity index (χ2n) is 6.67. The van der Waals surface area contributed by atoms with Gasteiger partial charge in [-0.2, -0.15) is 0 Å². The summed E-state index contributed by atoms with van der Waals surface area (Å²) in [6.45, 7) is 0.171. The summed E-state index contributed by atoms with van der Waals surface area (Å²) in [5.74, 6) is -0.209. The molecule has 0 saturated carbocycles. The second-order valence-corrected chi connectivity index (χ2v) is 6.67. The zero-order valence-corrected chi connectivity index (χ0v) is 15.6. The number of hydrogen-bond donors (Lipinski definition) is 2. The van der Waals surface area contributed by atoms with Crippen LogP contribution in [0.2, 0.25) is 0 Å². The van der Waals surface area contributed by atoms with Crippen molar-refractivity contribution in [2.75, 3.05) is 5.32 Å². The topological polar surface area (TPSA) is 84.0 Å². The van der Waals surface area contributed by atoms with E-state index in [9.17, 15) is 14.4 Å². The van der Waals surface area contributed by atoms with E-state index >= 15 is 0 Å². The van der Waals surface area contributed by atoms with Crippen LogP contribution in [0, 0.1) is 0 Å². The zero-order chi connectivity index (χ0) is 20.2. The number of aryl methyl sites for hydroxylation is 1. The lowest BCUT2D eigenvalue weighted by Gasteiger charge is -2.10. The van der Waals surface area contributed by atoms with E-state index in [1.54, 1.807) is 24.3 Å². The average molecular weight is 385 g/mol. The summed E-state index contributed by atoms with van der Waals surface area (Å²) in [4.78, 5) is 38.7. The van der Waals surface area contributed by atoms with Crippen molar-refractivity contribution in [2.24, 2.45) is 0 Å². The van der Waals surface area contributed by atoms with Crippen LogP contribution in [0.3, 0.4) is 0 Å². The fourth-order valence-corrected chi connectivity index (χ4v) is 3.28. The highest BCUT2D eigenvalue weighted by atomic mass is 16.2. The van der Waals surface area contributed by atoms with Gasteiger partial charge in [-0.3, -0.25) is 19.1 Å². The Labute approximate surface area is 166 Å². The van der Waals surface area contributed by atoms with Crippen molar-refractivity contribution in [1.29, 1.82) is 0 Å². The molecule has 144 valence electrons. The van der Waals surface area contributed by atoms with Crippen molar-refractivity contribution in [3.05, 3.63) is 99.7 Å². The van der Waals surface area contributed by atoms with Crippen LogP contribution in [0.4, 0.5) is 5.69 Å². The number of rotatable bonds is 5. The molecule has 1 amide bonds. The Morgan fingerprint density at radius 1 is 0.828 bits per heavy atom. The van der Waals surface area contributed by atoms with Crippen LogP contribution >= 0.6 is 0 Å². The quantitative estimate of drug-likeness (QED) is 0.552. The van der Waals surface area contributed by atoms with Gasteiger partial charge in [-0.15, -0.1) is 0 Å². The van der Waals surface area contributed by atoms with E-state index in [1.165, 1.54) is 4.57 Å². The number of hydrogen-bond acceptors (Lipinski definition) is 3. The number of benzene rings is 3. The van der Waals surface area contributed by atoms with Crippen LogP contribution in [0.5, 0.6) is 0 Å². The van der Waals surface area contributed by atoms with Crippen molar-refractivity contribution in [2.45, 2.75) is 13.0 Å². The van der Waals surface area contributed by atoms with Crippen molar-refractivity contribution in [1.82, 2.24) is 9.55 Å². The molecule has 0 saturated heterocycles. The van der Waals surface area contributed by atoms with Gasteiger partial charge in [-0.25, -0.2) is 4.79 Å². The summed E-state index contributed by atoms with van der Waals surface area (Å²) in [5.41, 5.74) is 2.43. The molecule has 1 heterocycles. The SMILES string of the molecule is O=C(CCn1c(=O)[nH]c(=O)c2ccccc21)Nc1ccc(-c2ccccc2)cc1. The van der Waals surface area contributed by atoms with Crippen molar-refractivity contribution < 1.29 is 4.79 Å². The van der Waals surface area contributed by atoms with Gasteiger partial charge in [-0.1, -0.05) is 54.6 Å². The monoisotopic (exact) mass is 385 g/mol. The summed E-state index contributed by atoms with van der Waals surface area (Å²) < 4.78 is 1.41. The van der Waals surface area contributed by atoms with E-state index in [0.29, 0.717) is 16.6 Å². The number of nitrogens with one attached hydrogen (secondary N) is 2. The molecule has 0 fully saturated rings.